The Labute approximate surface area is 135 Å². The first-order chi connectivity index (χ1) is 10.1. The third-order valence-electron chi connectivity index (χ3n) is 3.17. The van der Waals surface area contributed by atoms with Crippen molar-refractivity contribution in [1.82, 2.24) is 5.32 Å². The van der Waals surface area contributed by atoms with Crippen LogP contribution in [-0.2, 0) is 11.3 Å². The molecule has 0 spiro atoms. The maximum atomic E-state index is 10.8. The molecule has 4 nitrogen and oxygen atoms in total. The van der Waals surface area contributed by atoms with Crippen LogP contribution in [0.25, 0.3) is 0 Å². The molecule has 1 aromatic rings. The molecule has 1 aromatic carbocycles. The molecule has 0 aliphatic rings. The fourth-order valence-corrected chi connectivity index (χ4v) is 2.46. The third-order valence-corrected chi connectivity index (χ3v) is 3.66. The van der Waals surface area contributed by atoms with Crippen LogP contribution < -0.4 is 15.8 Å². The Morgan fingerprint density at radius 2 is 2.05 bits per heavy atom. The molecule has 21 heavy (non-hydrogen) atoms. The SMILES string of the molecule is CCCCCCCNCc1cc(Br)ccc1OCC(N)=O. The van der Waals surface area contributed by atoms with E-state index in [0.717, 1.165) is 23.1 Å². The van der Waals surface area contributed by atoms with Crippen LogP contribution in [0.1, 0.15) is 44.6 Å². The van der Waals surface area contributed by atoms with Crippen molar-refractivity contribution in [3.63, 3.8) is 0 Å². The predicted octanol–water partition coefficient (Wildman–Crippen LogP) is 3.37. The third kappa shape index (κ3) is 8.07. The van der Waals surface area contributed by atoms with Gasteiger partial charge in [0.25, 0.3) is 5.91 Å². The number of nitrogens with two attached hydrogens (primary N) is 1. The zero-order valence-corrected chi connectivity index (χ0v) is 14.2. The van der Waals surface area contributed by atoms with Gasteiger partial charge in [-0.25, -0.2) is 0 Å². The molecule has 118 valence electrons. The zero-order chi connectivity index (χ0) is 15.5. The molecule has 0 heterocycles. The number of carbonyl (C=O) groups excluding carboxylic acids is 1. The second-order valence-corrected chi connectivity index (χ2v) is 6.01. The van der Waals surface area contributed by atoms with Crippen LogP contribution >= 0.6 is 15.9 Å². The van der Waals surface area contributed by atoms with Crippen LogP contribution in [0.4, 0.5) is 0 Å². The molecule has 5 heteroatoms. The summed E-state index contributed by atoms with van der Waals surface area (Å²) >= 11 is 3.45. The number of amides is 1. The van der Waals surface area contributed by atoms with Gasteiger partial charge in [-0.05, 0) is 31.2 Å². The van der Waals surface area contributed by atoms with Gasteiger partial charge < -0.3 is 15.8 Å². The van der Waals surface area contributed by atoms with Crippen molar-refractivity contribution in [2.75, 3.05) is 13.2 Å². The van der Waals surface area contributed by atoms with Gasteiger partial charge >= 0.3 is 0 Å². The number of carbonyl (C=O) groups is 1. The Morgan fingerprint density at radius 1 is 1.29 bits per heavy atom. The first-order valence-corrected chi connectivity index (χ1v) is 8.33. The molecule has 0 aliphatic heterocycles. The maximum Gasteiger partial charge on any atom is 0.255 e. The van der Waals surface area contributed by atoms with Gasteiger partial charge in [-0.15, -0.1) is 0 Å². The molecule has 0 radical (unpaired) electrons. The maximum absolute atomic E-state index is 10.8. The monoisotopic (exact) mass is 356 g/mol. The highest BCUT2D eigenvalue weighted by Gasteiger charge is 2.06. The van der Waals surface area contributed by atoms with E-state index in [1.807, 2.05) is 18.2 Å². The van der Waals surface area contributed by atoms with Gasteiger partial charge in [0.1, 0.15) is 5.75 Å². The molecular weight excluding hydrogens is 332 g/mol. The second kappa shape index (κ2) is 10.6. The number of halogens is 1. The minimum atomic E-state index is -0.465. The van der Waals surface area contributed by atoms with Gasteiger partial charge in [0.05, 0.1) is 0 Å². The van der Waals surface area contributed by atoms with Crippen LogP contribution in [0.2, 0.25) is 0 Å². The number of benzene rings is 1. The summed E-state index contributed by atoms with van der Waals surface area (Å²) in [6.45, 7) is 3.84. The van der Waals surface area contributed by atoms with Crippen molar-refractivity contribution in [2.45, 2.75) is 45.6 Å². The van der Waals surface area contributed by atoms with Crippen molar-refractivity contribution < 1.29 is 9.53 Å². The van der Waals surface area contributed by atoms with Crippen LogP contribution in [0.3, 0.4) is 0 Å². The first-order valence-electron chi connectivity index (χ1n) is 7.53. The number of ether oxygens (including phenoxy) is 1. The summed E-state index contributed by atoms with van der Waals surface area (Å²) in [6, 6.07) is 5.75. The van der Waals surface area contributed by atoms with E-state index < -0.39 is 5.91 Å². The lowest BCUT2D eigenvalue weighted by Crippen LogP contribution is -2.21. The Balaban J connectivity index is 2.38. The molecule has 3 N–H and O–H groups in total. The van der Waals surface area contributed by atoms with E-state index in [4.69, 9.17) is 10.5 Å². The molecule has 0 aromatic heterocycles. The number of hydrogen-bond acceptors (Lipinski definition) is 3. The van der Waals surface area contributed by atoms with Gasteiger partial charge in [0.15, 0.2) is 6.61 Å². The minimum Gasteiger partial charge on any atom is -0.483 e. The normalized spacial score (nSPS) is 10.6. The van der Waals surface area contributed by atoms with Gasteiger partial charge in [0.2, 0.25) is 0 Å². The van der Waals surface area contributed by atoms with Crippen molar-refractivity contribution in [3.8, 4) is 5.75 Å². The number of primary amides is 1. The van der Waals surface area contributed by atoms with Crippen LogP contribution in [0.15, 0.2) is 22.7 Å². The van der Waals surface area contributed by atoms with Crippen molar-refractivity contribution in [3.05, 3.63) is 28.2 Å². The summed E-state index contributed by atoms with van der Waals surface area (Å²) in [5, 5.41) is 3.42. The van der Waals surface area contributed by atoms with Crippen LogP contribution in [0.5, 0.6) is 5.75 Å². The van der Waals surface area contributed by atoms with Gasteiger partial charge in [-0.2, -0.15) is 0 Å². The first kappa shape index (κ1) is 18.0. The fourth-order valence-electron chi connectivity index (χ4n) is 2.05. The van der Waals surface area contributed by atoms with E-state index in [-0.39, 0.29) is 6.61 Å². The minimum absolute atomic E-state index is 0.0916. The highest BCUT2D eigenvalue weighted by molar-refractivity contribution is 9.10. The molecule has 0 saturated heterocycles. The van der Waals surface area contributed by atoms with E-state index in [0.29, 0.717) is 5.75 Å². The second-order valence-electron chi connectivity index (χ2n) is 5.10. The van der Waals surface area contributed by atoms with E-state index in [1.165, 1.54) is 32.1 Å². The molecule has 0 saturated carbocycles. The van der Waals surface area contributed by atoms with Gasteiger partial charge in [-0.1, -0.05) is 48.5 Å². The number of hydrogen-bond donors (Lipinski definition) is 2. The summed E-state index contributed by atoms with van der Waals surface area (Å²) in [6.07, 6.45) is 6.35. The van der Waals surface area contributed by atoms with E-state index in [2.05, 4.69) is 28.2 Å². The highest BCUT2D eigenvalue weighted by Crippen LogP contribution is 2.23. The molecule has 0 atom stereocenters. The molecule has 1 amide bonds. The van der Waals surface area contributed by atoms with Crippen molar-refractivity contribution in [2.24, 2.45) is 5.73 Å². The van der Waals surface area contributed by atoms with E-state index >= 15 is 0 Å². The lowest BCUT2D eigenvalue weighted by atomic mass is 10.1. The topological polar surface area (TPSA) is 64.3 Å². The van der Waals surface area contributed by atoms with Crippen LogP contribution in [-0.4, -0.2) is 19.1 Å². The molecule has 0 fully saturated rings. The quantitative estimate of drug-likeness (QED) is 0.597. The average molecular weight is 357 g/mol. The Kier molecular flexibility index (Phi) is 9.10. The lowest BCUT2D eigenvalue weighted by Gasteiger charge is -2.12. The molecule has 1 rings (SSSR count). The zero-order valence-electron chi connectivity index (χ0n) is 12.7. The Hall–Kier alpha value is -1.07. The number of unbranched alkanes of at least 4 members (excludes halogenated alkanes) is 4. The standard InChI is InChI=1S/C16H25BrN2O2/c1-2-3-4-5-6-9-19-11-13-10-14(17)7-8-15(13)21-12-16(18)20/h7-8,10,19H,2-6,9,11-12H2,1H3,(H2,18,20). The molecular formula is C16H25BrN2O2. The van der Waals surface area contributed by atoms with Crippen LogP contribution in [0, 0.1) is 0 Å². The fraction of sp³-hybridized carbons (Fsp3) is 0.562. The Morgan fingerprint density at radius 3 is 2.76 bits per heavy atom. The summed E-state index contributed by atoms with van der Waals surface area (Å²) in [7, 11) is 0. The smallest absolute Gasteiger partial charge is 0.255 e. The summed E-state index contributed by atoms with van der Waals surface area (Å²) in [5.74, 6) is 0.239. The molecule has 0 bridgehead atoms. The summed E-state index contributed by atoms with van der Waals surface area (Å²) in [5.41, 5.74) is 6.14. The largest absolute Gasteiger partial charge is 0.483 e. The van der Waals surface area contributed by atoms with E-state index in [1.54, 1.807) is 0 Å². The molecule has 0 unspecified atom stereocenters. The summed E-state index contributed by atoms with van der Waals surface area (Å²) in [4.78, 5) is 10.8. The van der Waals surface area contributed by atoms with Gasteiger partial charge in [0, 0.05) is 16.6 Å². The summed E-state index contributed by atoms with van der Waals surface area (Å²) < 4.78 is 6.42. The number of rotatable bonds is 11. The number of nitrogens with one attached hydrogen (secondary N) is 1. The lowest BCUT2D eigenvalue weighted by molar-refractivity contribution is -0.119. The predicted molar refractivity (Wildman–Crippen MR) is 89.3 cm³/mol. The van der Waals surface area contributed by atoms with Crippen molar-refractivity contribution >= 4 is 21.8 Å². The molecule has 0 aliphatic carbocycles. The highest BCUT2D eigenvalue weighted by atomic mass is 79.9. The van der Waals surface area contributed by atoms with Crippen molar-refractivity contribution in [1.29, 1.82) is 0 Å². The Bertz CT molecular complexity index is 438. The van der Waals surface area contributed by atoms with E-state index in [9.17, 15) is 4.79 Å². The van der Waals surface area contributed by atoms with Gasteiger partial charge in [-0.3, -0.25) is 4.79 Å². The average Bonchev–Trinajstić information content (AvgIpc) is 2.45.